The summed E-state index contributed by atoms with van der Waals surface area (Å²) in [5.74, 6) is -2.26. The van der Waals surface area contributed by atoms with E-state index in [2.05, 4.69) is 41.2 Å². The molecule has 0 spiro atoms. The topological polar surface area (TPSA) is 187 Å². The minimum absolute atomic E-state index is 0.0191. The Morgan fingerprint density at radius 2 is 1.57 bits per heavy atom. The van der Waals surface area contributed by atoms with Gasteiger partial charge in [0, 0.05) is 45.1 Å². The molecule has 1 aromatic carbocycles. The average Bonchev–Trinajstić information content (AvgIpc) is 4.18. The summed E-state index contributed by atoms with van der Waals surface area (Å²) in [4.78, 5) is 103. The molecule has 7 rings (SSSR count). The van der Waals surface area contributed by atoms with E-state index in [4.69, 9.17) is 4.74 Å². The van der Waals surface area contributed by atoms with E-state index in [1.54, 1.807) is 4.90 Å². The number of urea groups is 1. The van der Waals surface area contributed by atoms with Gasteiger partial charge in [-0.3, -0.25) is 24.0 Å². The van der Waals surface area contributed by atoms with E-state index < -0.39 is 76.7 Å². The Bertz CT molecular complexity index is 1910. The zero-order chi connectivity index (χ0) is 45.3. The molecule has 1 unspecified atom stereocenters. The van der Waals surface area contributed by atoms with E-state index in [1.807, 2.05) is 50.8 Å². The van der Waals surface area contributed by atoms with Crippen LogP contribution in [0.1, 0.15) is 136 Å². The molecule has 63 heavy (non-hydrogen) atoms. The van der Waals surface area contributed by atoms with Gasteiger partial charge in [0.25, 0.3) is 5.91 Å². The molecular weight excluding hydrogens is 803 g/mol. The summed E-state index contributed by atoms with van der Waals surface area (Å²) < 4.78 is 6.11. The van der Waals surface area contributed by atoms with Gasteiger partial charge in [0.1, 0.15) is 18.2 Å². The number of fused-ring (bicyclic) bond motifs is 1. The molecule has 5 atom stereocenters. The summed E-state index contributed by atoms with van der Waals surface area (Å²) in [6, 6.07) is 3.67. The van der Waals surface area contributed by atoms with E-state index in [9.17, 15) is 28.8 Å². The number of benzene rings is 1. The van der Waals surface area contributed by atoms with Crippen LogP contribution in [-0.4, -0.2) is 119 Å². The molecule has 0 bridgehead atoms. The molecule has 4 N–H and O–H groups in total. The number of hydrogen-bond acceptors (Lipinski definition) is 8. The summed E-state index contributed by atoms with van der Waals surface area (Å²) in [5, 5.41) is 11.8. The van der Waals surface area contributed by atoms with Crippen molar-refractivity contribution in [2.75, 3.05) is 26.2 Å². The molecule has 0 aromatic heterocycles. The largest absolute Gasteiger partial charge is 0.444 e. The van der Waals surface area contributed by atoms with Crippen LogP contribution >= 0.6 is 0 Å². The SMILES string of the molecule is CC1(C)CCN(C[C@@H](NC(=O)N[C@H](C(=O)N2C[C@H](OC(=O)N3CCc4ccccc4C3)C[C@H]2C(=O)NC(CC2CC2)C(=O)C(=O)NC2CC2)C2(C)CCCCC2)C(C)(C)C)C(=O)C1. The Kier molecular flexibility index (Phi) is 13.8. The zero-order valence-corrected chi connectivity index (χ0v) is 38.4. The number of likely N-dealkylation sites (tertiary alicyclic amines) is 2. The van der Waals surface area contributed by atoms with E-state index in [0.29, 0.717) is 58.3 Å². The highest BCUT2D eigenvalue weighted by Crippen LogP contribution is 2.41. The first-order valence-corrected chi connectivity index (χ1v) is 23.6. The van der Waals surface area contributed by atoms with Crippen molar-refractivity contribution in [2.24, 2.45) is 22.2 Å². The lowest BCUT2D eigenvalue weighted by molar-refractivity contribution is -0.144. The quantitative estimate of drug-likeness (QED) is 0.189. The predicted octanol–water partition coefficient (Wildman–Crippen LogP) is 4.98. The summed E-state index contributed by atoms with van der Waals surface area (Å²) in [6.45, 7) is 13.9. The molecule has 3 saturated carbocycles. The highest BCUT2D eigenvalue weighted by molar-refractivity contribution is 6.38. The number of rotatable bonds is 14. The van der Waals surface area contributed by atoms with Gasteiger partial charge in [-0.15, -0.1) is 0 Å². The number of piperidine rings is 1. The standard InChI is InChI=1S/C48H71N7O8/c1-46(2,3)37(29-53-23-21-47(4,5)26-38(53)56)51-44(61)52-40(48(6)19-10-7-11-20-48)43(60)55-28-34(63-45(62)54-22-18-31-12-8-9-13-32(31)27-54)25-36(55)41(58)50-35(24-30-14-15-30)39(57)42(59)49-33-16-17-33/h8-9,12-13,30,33-37,40H,7,10-11,14-29H2,1-6H3,(H,49,59)(H,50,58)(H2,51,52,61)/t34-,35?,36+,37-,40-/m1/s1. The van der Waals surface area contributed by atoms with Crippen LogP contribution in [0.25, 0.3) is 0 Å². The van der Waals surface area contributed by atoms with Gasteiger partial charge in [-0.05, 0) is 78.2 Å². The normalized spacial score (nSPS) is 24.6. The van der Waals surface area contributed by atoms with Crippen molar-refractivity contribution in [3.05, 3.63) is 35.4 Å². The van der Waals surface area contributed by atoms with Crippen LogP contribution in [0.2, 0.25) is 0 Å². The Morgan fingerprint density at radius 1 is 0.873 bits per heavy atom. The average molecular weight is 874 g/mol. The number of nitrogens with zero attached hydrogens (tertiary/aromatic N) is 3. The number of ether oxygens (including phenoxy) is 1. The fourth-order valence-electron chi connectivity index (χ4n) is 9.87. The van der Waals surface area contributed by atoms with Crippen LogP contribution in [0, 0.1) is 22.2 Å². The number of hydrogen-bond donors (Lipinski definition) is 4. The van der Waals surface area contributed by atoms with Gasteiger partial charge in [-0.1, -0.05) is 97.9 Å². The van der Waals surface area contributed by atoms with Crippen molar-refractivity contribution in [3.63, 3.8) is 0 Å². The van der Waals surface area contributed by atoms with E-state index in [0.717, 1.165) is 56.9 Å². The highest BCUT2D eigenvalue weighted by atomic mass is 16.6. The van der Waals surface area contributed by atoms with Gasteiger partial charge in [0.15, 0.2) is 0 Å². The number of amides is 7. The lowest BCUT2D eigenvalue weighted by Crippen LogP contribution is -2.63. The summed E-state index contributed by atoms with van der Waals surface area (Å²) in [6.07, 6.45) is 8.31. The molecule has 3 heterocycles. The second-order valence-electron chi connectivity index (χ2n) is 21.7. The highest BCUT2D eigenvalue weighted by Gasteiger charge is 2.50. The molecule has 7 amide bonds. The molecule has 0 radical (unpaired) electrons. The van der Waals surface area contributed by atoms with Crippen molar-refractivity contribution in [1.29, 1.82) is 0 Å². The van der Waals surface area contributed by atoms with Gasteiger partial charge in [-0.25, -0.2) is 9.59 Å². The first-order chi connectivity index (χ1) is 29.8. The molecule has 2 saturated heterocycles. The minimum atomic E-state index is -1.14. The maximum Gasteiger partial charge on any atom is 0.410 e. The Labute approximate surface area is 372 Å². The molecule has 5 fully saturated rings. The van der Waals surface area contributed by atoms with Crippen LogP contribution < -0.4 is 21.3 Å². The lowest BCUT2D eigenvalue weighted by atomic mass is 9.70. The number of Topliss-reactive ketones (excluding diaryl/α,β-unsaturated/α-hetero) is 1. The molecular formula is C48H71N7O8. The zero-order valence-electron chi connectivity index (χ0n) is 38.4. The van der Waals surface area contributed by atoms with Crippen molar-refractivity contribution >= 4 is 41.5 Å². The maximum atomic E-state index is 15.3. The van der Waals surface area contributed by atoms with Crippen molar-refractivity contribution in [2.45, 2.75) is 174 Å². The lowest BCUT2D eigenvalue weighted by Gasteiger charge is -2.43. The monoisotopic (exact) mass is 874 g/mol. The molecule has 15 nitrogen and oxygen atoms in total. The van der Waals surface area contributed by atoms with Crippen LogP contribution in [-0.2, 0) is 41.7 Å². The first kappa shape index (κ1) is 46.3. The van der Waals surface area contributed by atoms with Gasteiger partial charge in [0.2, 0.25) is 23.5 Å². The Balaban J connectivity index is 1.12. The van der Waals surface area contributed by atoms with Gasteiger partial charge in [-0.2, -0.15) is 0 Å². The Morgan fingerprint density at radius 3 is 2.22 bits per heavy atom. The second-order valence-corrected chi connectivity index (χ2v) is 21.7. The predicted molar refractivity (Wildman–Crippen MR) is 236 cm³/mol. The molecule has 6 aliphatic rings. The van der Waals surface area contributed by atoms with Gasteiger partial charge < -0.3 is 40.7 Å². The molecule has 1 aromatic rings. The number of carbonyl (C=O) groups excluding carboxylic acids is 7. The molecule has 15 heteroatoms. The summed E-state index contributed by atoms with van der Waals surface area (Å²) in [7, 11) is 0. The van der Waals surface area contributed by atoms with Crippen molar-refractivity contribution in [1.82, 2.24) is 36.0 Å². The van der Waals surface area contributed by atoms with Crippen LogP contribution in [0.15, 0.2) is 24.3 Å². The third kappa shape index (κ3) is 11.7. The number of carbonyl (C=O) groups is 7. The Hall–Kier alpha value is -4.69. The van der Waals surface area contributed by atoms with Gasteiger partial charge >= 0.3 is 12.1 Å². The third-order valence-electron chi connectivity index (χ3n) is 14.5. The molecule has 3 aliphatic heterocycles. The second kappa shape index (κ2) is 18.8. The fraction of sp³-hybridized carbons (Fsp3) is 0.729. The van der Waals surface area contributed by atoms with E-state index in [1.165, 1.54) is 10.5 Å². The molecule has 3 aliphatic carbocycles. The van der Waals surface area contributed by atoms with Crippen molar-refractivity contribution < 1.29 is 38.3 Å². The van der Waals surface area contributed by atoms with Gasteiger partial charge in [0.05, 0.1) is 18.6 Å². The van der Waals surface area contributed by atoms with E-state index in [-0.39, 0.29) is 36.2 Å². The first-order valence-electron chi connectivity index (χ1n) is 23.6. The maximum absolute atomic E-state index is 15.3. The van der Waals surface area contributed by atoms with Crippen molar-refractivity contribution in [3.8, 4) is 0 Å². The van der Waals surface area contributed by atoms with E-state index >= 15 is 4.79 Å². The fourth-order valence-corrected chi connectivity index (χ4v) is 9.87. The number of ketones is 1. The molecule has 346 valence electrons. The van der Waals surface area contributed by atoms with Crippen LogP contribution in [0.5, 0.6) is 0 Å². The van der Waals surface area contributed by atoms with Crippen LogP contribution in [0.3, 0.4) is 0 Å². The smallest absolute Gasteiger partial charge is 0.410 e. The third-order valence-corrected chi connectivity index (χ3v) is 14.5. The summed E-state index contributed by atoms with van der Waals surface area (Å²) >= 11 is 0. The summed E-state index contributed by atoms with van der Waals surface area (Å²) in [5.41, 5.74) is 1.02. The van der Waals surface area contributed by atoms with Crippen LogP contribution in [0.4, 0.5) is 9.59 Å². The minimum Gasteiger partial charge on any atom is -0.444 e. The number of nitrogens with one attached hydrogen (secondary N) is 4.